The first kappa shape index (κ1) is 15.9. The highest BCUT2D eigenvalue weighted by molar-refractivity contribution is 5.21. The molecule has 4 heteroatoms. The van der Waals surface area contributed by atoms with E-state index in [0.29, 0.717) is 5.92 Å². The second-order valence-corrected chi connectivity index (χ2v) is 7.49. The summed E-state index contributed by atoms with van der Waals surface area (Å²) < 4.78 is 0. The number of likely N-dealkylation sites (tertiary alicyclic amines) is 1. The Labute approximate surface area is 134 Å². The fourth-order valence-electron chi connectivity index (χ4n) is 3.72. The number of hydrogen-bond acceptors (Lipinski definition) is 4. The normalized spacial score (nSPS) is 23.2. The van der Waals surface area contributed by atoms with Crippen molar-refractivity contribution >= 4 is 0 Å². The van der Waals surface area contributed by atoms with Crippen molar-refractivity contribution in [1.29, 1.82) is 0 Å². The highest BCUT2D eigenvalue weighted by Crippen LogP contribution is 2.23. The first-order valence-electron chi connectivity index (χ1n) is 8.88. The lowest BCUT2D eigenvalue weighted by Gasteiger charge is -2.33. The zero-order chi connectivity index (χ0) is 15.5. The second-order valence-electron chi connectivity index (χ2n) is 7.49. The van der Waals surface area contributed by atoms with Crippen molar-refractivity contribution in [3.05, 3.63) is 23.3 Å². The van der Waals surface area contributed by atoms with Gasteiger partial charge >= 0.3 is 0 Å². The fourth-order valence-corrected chi connectivity index (χ4v) is 3.72. The first-order valence-corrected chi connectivity index (χ1v) is 8.88. The lowest BCUT2D eigenvalue weighted by atomic mass is 10.00. The third kappa shape index (κ3) is 3.85. The Hall–Kier alpha value is -1.00. The molecule has 3 heterocycles. The maximum Gasteiger partial charge on any atom is 0.128 e. The van der Waals surface area contributed by atoms with Crippen LogP contribution in [0.4, 0.5) is 0 Å². The molecule has 0 saturated carbocycles. The molecule has 2 aliphatic rings. The maximum absolute atomic E-state index is 4.79. The summed E-state index contributed by atoms with van der Waals surface area (Å²) in [6.45, 7) is 8.96. The topological polar surface area (TPSA) is 32.3 Å². The van der Waals surface area contributed by atoms with Crippen molar-refractivity contribution < 1.29 is 0 Å². The molecule has 0 aliphatic carbocycles. The molecule has 1 fully saturated rings. The van der Waals surface area contributed by atoms with Crippen LogP contribution in [0.15, 0.2) is 6.20 Å². The third-order valence-corrected chi connectivity index (χ3v) is 5.06. The van der Waals surface area contributed by atoms with Gasteiger partial charge in [0.2, 0.25) is 0 Å². The van der Waals surface area contributed by atoms with Gasteiger partial charge in [0.1, 0.15) is 5.82 Å². The smallest absolute Gasteiger partial charge is 0.128 e. The van der Waals surface area contributed by atoms with Gasteiger partial charge in [0.15, 0.2) is 0 Å². The summed E-state index contributed by atoms with van der Waals surface area (Å²) in [6.07, 6.45) is 8.48. The van der Waals surface area contributed by atoms with Gasteiger partial charge in [0.25, 0.3) is 0 Å². The summed E-state index contributed by atoms with van der Waals surface area (Å²) >= 11 is 0. The van der Waals surface area contributed by atoms with Gasteiger partial charge < -0.3 is 4.90 Å². The molecule has 122 valence electrons. The van der Waals surface area contributed by atoms with Crippen LogP contribution in [0.2, 0.25) is 0 Å². The van der Waals surface area contributed by atoms with Crippen LogP contribution in [0.1, 0.15) is 56.6 Å². The zero-order valence-corrected chi connectivity index (χ0v) is 14.4. The van der Waals surface area contributed by atoms with Crippen LogP contribution >= 0.6 is 0 Å². The molecule has 1 saturated heterocycles. The molecular formula is C18H30N4. The SMILES string of the molecule is CC(C)Cc1ncc2c(n1)CN(CC[C@H]1CCCCN1C)C2. The lowest BCUT2D eigenvalue weighted by molar-refractivity contribution is 0.153. The lowest BCUT2D eigenvalue weighted by Crippen LogP contribution is -2.38. The summed E-state index contributed by atoms with van der Waals surface area (Å²) in [6, 6.07) is 0.778. The molecule has 1 atom stereocenters. The van der Waals surface area contributed by atoms with Crippen LogP contribution in [-0.2, 0) is 19.5 Å². The van der Waals surface area contributed by atoms with Crippen LogP contribution in [0.25, 0.3) is 0 Å². The average molecular weight is 302 g/mol. The maximum atomic E-state index is 4.79. The zero-order valence-electron chi connectivity index (χ0n) is 14.4. The molecule has 0 radical (unpaired) electrons. The molecular weight excluding hydrogens is 272 g/mol. The van der Waals surface area contributed by atoms with Crippen molar-refractivity contribution in [2.45, 2.75) is 65.1 Å². The minimum Gasteiger partial charge on any atom is -0.303 e. The van der Waals surface area contributed by atoms with Crippen molar-refractivity contribution in [2.24, 2.45) is 5.92 Å². The van der Waals surface area contributed by atoms with E-state index in [1.54, 1.807) is 0 Å². The average Bonchev–Trinajstić information content (AvgIpc) is 2.88. The Morgan fingerprint density at radius 1 is 1.27 bits per heavy atom. The number of fused-ring (bicyclic) bond motifs is 1. The number of nitrogens with zero attached hydrogens (tertiary/aromatic N) is 4. The highest BCUT2D eigenvalue weighted by Gasteiger charge is 2.24. The van der Waals surface area contributed by atoms with E-state index in [1.807, 2.05) is 0 Å². The van der Waals surface area contributed by atoms with E-state index in [2.05, 4.69) is 41.9 Å². The molecule has 0 bridgehead atoms. The van der Waals surface area contributed by atoms with Crippen LogP contribution in [0.3, 0.4) is 0 Å². The van der Waals surface area contributed by atoms with Crippen molar-refractivity contribution in [3.63, 3.8) is 0 Å². The summed E-state index contributed by atoms with van der Waals surface area (Å²) in [5, 5.41) is 0. The highest BCUT2D eigenvalue weighted by atomic mass is 15.2. The Morgan fingerprint density at radius 2 is 2.14 bits per heavy atom. The number of piperidine rings is 1. The molecule has 1 aromatic heterocycles. The molecule has 0 unspecified atom stereocenters. The van der Waals surface area contributed by atoms with E-state index in [4.69, 9.17) is 4.98 Å². The molecule has 3 rings (SSSR count). The van der Waals surface area contributed by atoms with Gasteiger partial charge in [0.05, 0.1) is 5.69 Å². The van der Waals surface area contributed by atoms with Crippen LogP contribution < -0.4 is 0 Å². The van der Waals surface area contributed by atoms with E-state index in [0.717, 1.165) is 31.4 Å². The van der Waals surface area contributed by atoms with Crippen molar-refractivity contribution in [1.82, 2.24) is 19.8 Å². The summed E-state index contributed by atoms with van der Waals surface area (Å²) in [4.78, 5) is 14.4. The van der Waals surface area contributed by atoms with Crippen molar-refractivity contribution in [3.8, 4) is 0 Å². The van der Waals surface area contributed by atoms with Crippen LogP contribution in [-0.4, -0.2) is 45.9 Å². The Bertz CT molecular complexity index is 500. The molecule has 4 nitrogen and oxygen atoms in total. The number of hydrogen-bond donors (Lipinski definition) is 0. The van der Waals surface area contributed by atoms with Gasteiger partial charge in [-0.15, -0.1) is 0 Å². The van der Waals surface area contributed by atoms with Gasteiger partial charge in [-0.3, -0.25) is 4.90 Å². The van der Waals surface area contributed by atoms with E-state index >= 15 is 0 Å². The second kappa shape index (κ2) is 7.05. The first-order chi connectivity index (χ1) is 10.6. The predicted octanol–water partition coefficient (Wildman–Crippen LogP) is 2.87. The quantitative estimate of drug-likeness (QED) is 0.837. The summed E-state index contributed by atoms with van der Waals surface area (Å²) in [7, 11) is 2.28. The van der Waals surface area contributed by atoms with E-state index < -0.39 is 0 Å². The molecule has 0 aromatic carbocycles. The summed E-state index contributed by atoms with van der Waals surface area (Å²) in [5.41, 5.74) is 2.60. The summed E-state index contributed by atoms with van der Waals surface area (Å²) in [5.74, 6) is 1.64. The minimum atomic E-state index is 0.623. The minimum absolute atomic E-state index is 0.623. The molecule has 0 amide bonds. The number of aromatic nitrogens is 2. The Kier molecular flexibility index (Phi) is 5.09. The van der Waals surface area contributed by atoms with E-state index in [9.17, 15) is 0 Å². The van der Waals surface area contributed by atoms with Gasteiger partial charge in [0, 0.05) is 43.9 Å². The van der Waals surface area contributed by atoms with E-state index in [1.165, 1.54) is 50.0 Å². The third-order valence-electron chi connectivity index (χ3n) is 5.06. The predicted molar refractivity (Wildman–Crippen MR) is 89.6 cm³/mol. The van der Waals surface area contributed by atoms with Gasteiger partial charge in [-0.2, -0.15) is 0 Å². The number of rotatable bonds is 5. The Balaban J connectivity index is 1.53. The van der Waals surface area contributed by atoms with Crippen molar-refractivity contribution in [2.75, 3.05) is 20.1 Å². The fraction of sp³-hybridized carbons (Fsp3) is 0.778. The Morgan fingerprint density at radius 3 is 2.91 bits per heavy atom. The largest absolute Gasteiger partial charge is 0.303 e. The van der Waals surface area contributed by atoms with Crippen LogP contribution in [0, 0.1) is 5.92 Å². The van der Waals surface area contributed by atoms with E-state index in [-0.39, 0.29) is 0 Å². The van der Waals surface area contributed by atoms with Crippen LogP contribution in [0.5, 0.6) is 0 Å². The van der Waals surface area contributed by atoms with Gasteiger partial charge in [-0.25, -0.2) is 9.97 Å². The van der Waals surface area contributed by atoms with Gasteiger partial charge in [-0.05, 0) is 38.8 Å². The standard InChI is InChI=1S/C18H30N4/c1-14(2)10-18-19-11-15-12-22(13-17(15)20-18)9-7-16-6-4-5-8-21(16)3/h11,14,16H,4-10,12-13H2,1-3H3/t16-/m1/s1. The molecule has 0 N–H and O–H groups in total. The molecule has 1 aromatic rings. The molecule has 0 spiro atoms. The molecule has 2 aliphatic heterocycles. The molecule has 22 heavy (non-hydrogen) atoms. The van der Waals surface area contributed by atoms with Gasteiger partial charge in [-0.1, -0.05) is 20.3 Å². The monoisotopic (exact) mass is 302 g/mol.